The molecule has 0 spiro atoms. The molecule has 5 heteroatoms. The lowest BCUT2D eigenvalue weighted by atomic mass is 10.0. The highest BCUT2D eigenvalue weighted by Gasteiger charge is 2.32. The van der Waals surface area contributed by atoms with Gasteiger partial charge in [0.1, 0.15) is 11.6 Å². The molecule has 0 unspecified atom stereocenters. The summed E-state index contributed by atoms with van der Waals surface area (Å²) in [5, 5.41) is 4.64. The Morgan fingerprint density at radius 3 is 2.44 bits per heavy atom. The Morgan fingerprint density at radius 2 is 1.67 bits per heavy atom. The van der Waals surface area contributed by atoms with Crippen LogP contribution >= 0.6 is 0 Å². The quantitative estimate of drug-likeness (QED) is 0.308. The minimum absolute atomic E-state index is 0.251. The van der Waals surface area contributed by atoms with Crippen LogP contribution in [0.5, 0.6) is 0 Å². The molecule has 0 bridgehead atoms. The molecule has 0 saturated heterocycles. The van der Waals surface area contributed by atoms with Crippen LogP contribution in [0.4, 0.5) is 5.82 Å². The fourth-order valence-corrected chi connectivity index (χ4v) is 4.85. The molecule has 1 amide bonds. The molecule has 6 rings (SSSR count). The normalized spacial score (nSPS) is 15.1. The Balaban J connectivity index is 1.22. The average molecular weight is 477 g/mol. The molecular weight excluding hydrogens is 444 g/mol. The van der Waals surface area contributed by atoms with Crippen LogP contribution in [0, 0.1) is 6.92 Å². The van der Waals surface area contributed by atoms with E-state index in [-0.39, 0.29) is 5.91 Å². The minimum atomic E-state index is 0.251. The standard InChI is InChI=1S/C31H32N4O/c1-21-32-29-16-11-25(19-28(29)31(33-21)34-26-12-13-26)24-9-5-8-23(18-24)20-35(27-14-15-27)30(36)17-10-22-6-3-2-4-7-22/h2-9,11,16,18-19,26-27H,10,12-15,17,20H2,1H3,(H,32,33,34). The predicted molar refractivity (Wildman–Crippen MR) is 145 cm³/mol. The van der Waals surface area contributed by atoms with Gasteiger partial charge in [-0.05, 0) is 79.5 Å². The zero-order valence-corrected chi connectivity index (χ0v) is 20.8. The zero-order chi connectivity index (χ0) is 24.5. The summed E-state index contributed by atoms with van der Waals surface area (Å²) < 4.78 is 0. The molecule has 3 aromatic carbocycles. The van der Waals surface area contributed by atoms with E-state index in [1.165, 1.54) is 24.0 Å². The molecule has 182 valence electrons. The first-order valence-electron chi connectivity index (χ1n) is 13.1. The van der Waals surface area contributed by atoms with Gasteiger partial charge < -0.3 is 10.2 Å². The van der Waals surface area contributed by atoms with E-state index in [2.05, 4.69) is 69.8 Å². The van der Waals surface area contributed by atoms with Gasteiger partial charge in [0, 0.05) is 30.4 Å². The van der Waals surface area contributed by atoms with Gasteiger partial charge in [-0.25, -0.2) is 9.97 Å². The van der Waals surface area contributed by atoms with Crippen molar-refractivity contribution >= 4 is 22.6 Å². The second kappa shape index (κ2) is 9.73. The minimum Gasteiger partial charge on any atom is -0.367 e. The van der Waals surface area contributed by atoms with Gasteiger partial charge in [0.05, 0.1) is 5.52 Å². The molecule has 1 aromatic heterocycles. The number of amides is 1. The number of aromatic nitrogens is 2. The van der Waals surface area contributed by atoms with Crippen LogP contribution in [0.1, 0.15) is 49.1 Å². The Morgan fingerprint density at radius 1 is 0.889 bits per heavy atom. The van der Waals surface area contributed by atoms with Crippen molar-refractivity contribution in [2.24, 2.45) is 0 Å². The second-order valence-corrected chi connectivity index (χ2v) is 10.2. The molecule has 2 aliphatic carbocycles. The van der Waals surface area contributed by atoms with Crippen molar-refractivity contribution in [2.75, 3.05) is 5.32 Å². The first kappa shape index (κ1) is 22.7. The van der Waals surface area contributed by atoms with Crippen molar-refractivity contribution in [1.82, 2.24) is 14.9 Å². The molecule has 0 aliphatic heterocycles. The van der Waals surface area contributed by atoms with E-state index in [9.17, 15) is 4.79 Å². The highest BCUT2D eigenvalue weighted by Crippen LogP contribution is 2.33. The fourth-order valence-electron chi connectivity index (χ4n) is 4.85. The summed E-state index contributed by atoms with van der Waals surface area (Å²) >= 11 is 0. The number of hydrogen-bond acceptors (Lipinski definition) is 4. The van der Waals surface area contributed by atoms with Crippen molar-refractivity contribution < 1.29 is 4.79 Å². The number of fused-ring (bicyclic) bond motifs is 1. The number of anilines is 1. The molecule has 36 heavy (non-hydrogen) atoms. The molecule has 2 fully saturated rings. The molecule has 5 nitrogen and oxygen atoms in total. The van der Waals surface area contributed by atoms with Gasteiger partial charge in [-0.2, -0.15) is 0 Å². The summed E-state index contributed by atoms with van der Waals surface area (Å²) in [7, 11) is 0. The molecule has 1 N–H and O–H groups in total. The SMILES string of the molecule is Cc1nc(NC2CC2)c2cc(-c3cccc(CN(C(=O)CCc4ccccc4)C4CC4)c3)ccc2n1. The summed E-state index contributed by atoms with van der Waals surface area (Å²) in [6.45, 7) is 2.61. The lowest BCUT2D eigenvalue weighted by Crippen LogP contribution is -2.32. The zero-order valence-electron chi connectivity index (χ0n) is 20.8. The van der Waals surface area contributed by atoms with Crippen molar-refractivity contribution in [1.29, 1.82) is 0 Å². The Kier molecular flexibility index (Phi) is 6.14. The van der Waals surface area contributed by atoms with Crippen LogP contribution < -0.4 is 5.32 Å². The van der Waals surface area contributed by atoms with Crippen molar-refractivity contribution in [3.8, 4) is 11.1 Å². The summed E-state index contributed by atoms with van der Waals surface area (Å²) in [4.78, 5) is 24.6. The lowest BCUT2D eigenvalue weighted by Gasteiger charge is -2.23. The average Bonchev–Trinajstić information content (AvgIpc) is 3.82. The number of carbonyl (C=O) groups is 1. The van der Waals surface area contributed by atoms with Gasteiger partial charge in [-0.1, -0.05) is 54.6 Å². The van der Waals surface area contributed by atoms with Crippen molar-refractivity contribution in [3.05, 3.63) is 89.7 Å². The summed E-state index contributed by atoms with van der Waals surface area (Å²) in [5.41, 5.74) is 5.65. The van der Waals surface area contributed by atoms with Crippen molar-refractivity contribution in [3.63, 3.8) is 0 Å². The number of rotatable bonds is 9. The monoisotopic (exact) mass is 476 g/mol. The third kappa shape index (κ3) is 5.25. The van der Waals surface area contributed by atoms with Gasteiger partial charge in [-0.3, -0.25) is 4.79 Å². The van der Waals surface area contributed by atoms with E-state index >= 15 is 0 Å². The lowest BCUT2D eigenvalue weighted by molar-refractivity contribution is -0.132. The van der Waals surface area contributed by atoms with E-state index in [1.54, 1.807) is 0 Å². The van der Waals surface area contributed by atoms with E-state index < -0.39 is 0 Å². The third-order valence-electron chi connectivity index (χ3n) is 7.12. The van der Waals surface area contributed by atoms with Gasteiger partial charge >= 0.3 is 0 Å². The van der Waals surface area contributed by atoms with E-state index in [1.807, 2.05) is 25.1 Å². The summed E-state index contributed by atoms with van der Waals surface area (Å²) in [6.07, 6.45) is 5.97. The van der Waals surface area contributed by atoms with Crippen molar-refractivity contribution in [2.45, 2.75) is 64.1 Å². The first-order chi connectivity index (χ1) is 17.6. The Bertz CT molecular complexity index is 1390. The number of benzene rings is 3. The number of hydrogen-bond donors (Lipinski definition) is 1. The fraction of sp³-hybridized carbons (Fsp3) is 0.323. The maximum Gasteiger partial charge on any atom is 0.223 e. The number of nitrogens with one attached hydrogen (secondary N) is 1. The van der Waals surface area contributed by atoms with Crippen LogP contribution in [0.3, 0.4) is 0 Å². The van der Waals surface area contributed by atoms with Crippen LogP contribution in [-0.2, 0) is 17.8 Å². The van der Waals surface area contributed by atoms with E-state index in [4.69, 9.17) is 4.98 Å². The number of carbonyl (C=O) groups excluding carboxylic acids is 1. The second-order valence-electron chi connectivity index (χ2n) is 10.2. The van der Waals surface area contributed by atoms with E-state index in [0.717, 1.165) is 52.9 Å². The molecule has 0 radical (unpaired) electrons. The maximum absolute atomic E-state index is 13.2. The summed E-state index contributed by atoms with van der Waals surface area (Å²) in [5.74, 6) is 1.97. The van der Waals surface area contributed by atoms with Gasteiger partial charge in [0.15, 0.2) is 0 Å². The molecule has 2 aliphatic rings. The molecular formula is C31H32N4O. The number of nitrogens with zero attached hydrogens (tertiary/aromatic N) is 3. The maximum atomic E-state index is 13.2. The molecule has 1 heterocycles. The molecule has 4 aromatic rings. The van der Waals surface area contributed by atoms with Gasteiger partial charge in [0.25, 0.3) is 0 Å². The molecule has 2 saturated carbocycles. The largest absolute Gasteiger partial charge is 0.367 e. The van der Waals surface area contributed by atoms with E-state index in [0.29, 0.717) is 25.0 Å². The Hall–Kier alpha value is -3.73. The van der Waals surface area contributed by atoms with Crippen LogP contribution in [0.2, 0.25) is 0 Å². The highest BCUT2D eigenvalue weighted by molar-refractivity contribution is 5.93. The van der Waals surface area contributed by atoms with Gasteiger partial charge in [-0.15, -0.1) is 0 Å². The molecule has 0 atom stereocenters. The Labute approximate surface area is 212 Å². The highest BCUT2D eigenvalue weighted by atomic mass is 16.2. The predicted octanol–water partition coefficient (Wildman–Crippen LogP) is 6.30. The topological polar surface area (TPSA) is 58.1 Å². The number of aryl methyl sites for hydroxylation is 2. The smallest absolute Gasteiger partial charge is 0.223 e. The first-order valence-corrected chi connectivity index (χ1v) is 13.1. The summed E-state index contributed by atoms with van der Waals surface area (Å²) in [6, 6.07) is 26.2. The van der Waals surface area contributed by atoms with Crippen LogP contribution in [0.25, 0.3) is 22.0 Å². The third-order valence-corrected chi connectivity index (χ3v) is 7.12. The van der Waals surface area contributed by atoms with Crippen LogP contribution in [-0.4, -0.2) is 32.9 Å². The van der Waals surface area contributed by atoms with Gasteiger partial charge in [0.2, 0.25) is 5.91 Å². The van der Waals surface area contributed by atoms with Crippen LogP contribution in [0.15, 0.2) is 72.8 Å².